The van der Waals surface area contributed by atoms with Crippen LogP contribution in [0.2, 0.25) is 0 Å². The van der Waals surface area contributed by atoms with Crippen LogP contribution in [0.4, 0.5) is 0 Å². The molecule has 2 heterocycles. The van der Waals surface area contributed by atoms with Crippen LogP contribution in [0.15, 0.2) is 22.8 Å². The second kappa shape index (κ2) is 5.29. The molecule has 3 rings (SSSR count). The molecule has 1 aliphatic heterocycles. The van der Waals surface area contributed by atoms with E-state index in [1.54, 1.807) is 6.26 Å². The molecule has 1 saturated heterocycles. The Hall–Kier alpha value is -1.81. The Morgan fingerprint density at radius 2 is 2.00 bits per heavy atom. The van der Waals surface area contributed by atoms with E-state index in [-0.39, 0.29) is 5.91 Å². The van der Waals surface area contributed by atoms with E-state index in [1.165, 1.54) is 11.1 Å². The summed E-state index contributed by atoms with van der Waals surface area (Å²) in [7, 11) is 0. The smallest absolute Gasteiger partial charge is 0.227 e. The zero-order valence-electron chi connectivity index (χ0n) is 11.9. The lowest BCUT2D eigenvalue weighted by Gasteiger charge is -2.26. The van der Waals surface area contributed by atoms with Crippen molar-refractivity contribution in [2.24, 2.45) is 0 Å². The molecule has 20 heavy (non-hydrogen) atoms. The third-order valence-electron chi connectivity index (χ3n) is 3.80. The predicted molar refractivity (Wildman–Crippen MR) is 76.8 cm³/mol. The highest BCUT2D eigenvalue weighted by Gasteiger charge is 2.19. The Morgan fingerprint density at radius 1 is 1.25 bits per heavy atom. The van der Waals surface area contributed by atoms with E-state index in [4.69, 9.17) is 9.15 Å². The third-order valence-corrected chi connectivity index (χ3v) is 3.80. The van der Waals surface area contributed by atoms with Crippen molar-refractivity contribution in [3.05, 3.63) is 35.1 Å². The maximum atomic E-state index is 12.3. The lowest BCUT2D eigenvalue weighted by molar-refractivity contribution is -0.134. The van der Waals surface area contributed by atoms with Crippen LogP contribution in [0.25, 0.3) is 11.0 Å². The Bertz CT molecular complexity index is 638. The predicted octanol–water partition coefficient (Wildman–Crippen LogP) is 2.45. The quantitative estimate of drug-likeness (QED) is 0.844. The minimum atomic E-state index is 0.149. The van der Waals surface area contributed by atoms with Crippen molar-refractivity contribution in [2.75, 3.05) is 26.3 Å². The van der Waals surface area contributed by atoms with Crippen LogP contribution in [0.1, 0.15) is 16.7 Å². The SMILES string of the molecule is Cc1cc(C)c2c(CC(=O)N3CCOCC3)coc2c1. The van der Waals surface area contributed by atoms with Gasteiger partial charge >= 0.3 is 0 Å². The highest BCUT2D eigenvalue weighted by Crippen LogP contribution is 2.27. The van der Waals surface area contributed by atoms with Gasteiger partial charge in [0.25, 0.3) is 0 Å². The summed E-state index contributed by atoms with van der Waals surface area (Å²) in [4.78, 5) is 14.2. The number of morpholine rings is 1. The average Bonchev–Trinajstić information content (AvgIpc) is 2.82. The van der Waals surface area contributed by atoms with Gasteiger partial charge in [-0.05, 0) is 31.0 Å². The fourth-order valence-corrected chi connectivity index (χ4v) is 2.84. The molecule has 1 amide bonds. The van der Waals surface area contributed by atoms with Gasteiger partial charge in [0.1, 0.15) is 5.58 Å². The molecule has 1 fully saturated rings. The largest absolute Gasteiger partial charge is 0.464 e. The normalized spacial score (nSPS) is 15.8. The van der Waals surface area contributed by atoms with Crippen molar-refractivity contribution in [3.8, 4) is 0 Å². The Labute approximate surface area is 118 Å². The lowest BCUT2D eigenvalue weighted by atomic mass is 10.0. The van der Waals surface area contributed by atoms with Gasteiger partial charge in [0.15, 0.2) is 0 Å². The minimum absolute atomic E-state index is 0.149. The highest BCUT2D eigenvalue weighted by atomic mass is 16.5. The second-order valence-electron chi connectivity index (χ2n) is 5.39. The summed E-state index contributed by atoms with van der Waals surface area (Å²) in [6.45, 7) is 6.76. The molecule has 1 aliphatic rings. The van der Waals surface area contributed by atoms with Crippen molar-refractivity contribution >= 4 is 16.9 Å². The number of aryl methyl sites for hydroxylation is 2. The van der Waals surface area contributed by atoms with Gasteiger partial charge in [0.05, 0.1) is 25.9 Å². The van der Waals surface area contributed by atoms with Crippen LogP contribution in [-0.4, -0.2) is 37.1 Å². The molecular weight excluding hydrogens is 254 g/mol. The molecule has 0 spiro atoms. The number of fused-ring (bicyclic) bond motifs is 1. The zero-order valence-corrected chi connectivity index (χ0v) is 11.9. The lowest BCUT2D eigenvalue weighted by Crippen LogP contribution is -2.41. The monoisotopic (exact) mass is 273 g/mol. The summed E-state index contributed by atoms with van der Waals surface area (Å²) in [5, 5.41) is 1.08. The zero-order chi connectivity index (χ0) is 14.1. The molecule has 1 aromatic heterocycles. The van der Waals surface area contributed by atoms with E-state index in [9.17, 15) is 4.79 Å². The maximum absolute atomic E-state index is 12.3. The van der Waals surface area contributed by atoms with Gasteiger partial charge in [-0.1, -0.05) is 6.07 Å². The molecule has 4 nitrogen and oxygen atoms in total. The van der Waals surface area contributed by atoms with Crippen LogP contribution in [-0.2, 0) is 16.0 Å². The number of rotatable bonds is 2. The van der Waals surface area contributed by atoms with Gasteiger partial charge in [0.2, 0.25) is 5.91 Å². The molecule has 4 heteroatoms. The van der Waals surface area contributed by atoms with E-state index < -0.39 is 0 Å². The number of hydrogen-bond acceptors (Lipinski definition) is 3. The number of nitrogens with zero attached hydrogens (tertiary/aromatic N) is 1. The average molecular weight is 273 g/mol. The first-order valence-electron chi connectivity index (χ1n) is 6.98. The third kappa shape index (κ3) is 2.43. The first kappa shape index (κ1) is 13.2. The summed E-state index contributed by atoms with van der Waals surface area (Å²) in [5.41, 5.74) is 4.19. The molecule has 0 radical (unpaired) electrons. The van der Waals surface area contributed by atoms with Crippen LogP contribution in [0.3, 0.4) is 0 Å². The van der Waals surface area contributed by atoms with E-state index in [0.717, 1.165) is 16.5 Å². The number of ether oxygens (including phenoxy) is 1. The molecule has 0 bridgehead atoms. The van der Waals surface area contributed by atoms with E-state index in [0.29, 0.717) is 32.7 Å². The fraction of sp³-hybridized carbons (Fsp3) is 0.438. The Balaban J connectivity index is 1.85. The summed E-state index contributed by atoms with van der Waals surface area (Å²) in [6, 6.07) is 4.14. The second-order valence-corrected chi connectivity index (χ2v) is 5.39. The first-order valence-corrected chi connectivity index (χ1v) is 6.98. The molecule has 1 aromatic carbocycles. The molecule has 0 unspecified atom stereocenters. The summed E-state index contributed by atoms with van der Waals surface area (Å²) in [6.07, 6.45) is 2.12. The fourth-order valence-electron chi connectivity index (χ4n) is 2.84. The summed E-state index contributed by atoms with van der Waals surface area (Å²) in [5.74, 6) is 0.149. The number of carbonyl (C=O) groups excluding carboxylic acids is 1. The molecule has 0 N–H and O–H groups in total. The topological polar surface area (TPSA) is 42.7 Å². The van der Waals surface area contributed by atoms with Crippen LogP contribution in [0.5, 0.6) is 0 Å². The molecule has 106 valence electrons. The summed E-state index contributed by atoms with van der Waals surface area (Å²) < 4.78 is 10.9. The number of carbonyl (C=O) groups is 1. The minimum Gasteiger partial charge on any atom is -0.464 e. The molecule has 2 aromatic rings. The van der Waals surface area contributed by atoms with Crippen LogP contribution in [0, 0.1) is 13.8 Å². The summed E-state index contributed by atoms with van der Waals surface area (Å²) >= 11 is 0. The van der Waals surface area contributed by atoms with Crippen molar-refractivity contribution < 1.29 is 13.9 Å². The van der Waals surface area contributed by atoms with Crippen molar-refractivity contribution in [1.82, 2.24) is 4.90 Å². The van der Waals surface area contributed by atoms with Gasteiger partial charge in [-0.15, -0.1) is 0 Å². The van der Waals surface area contributed by atoms with Crippen LogP contribution < -0.4 is 0 Å². The van der Waals surface area contributed by atoms with Gasteiger partial charge in [-0.3, -0.25) is 4.79 Å². The van der Waals surface area contributed by atoms with Crippen molar-refractivity contribution in [2.45, 2.75) is 20.3 Å². The highest BCUT2D eigenvalue weighted by molar-refractivity contribution is 5.90. The standard InChI is InChI=1S/C16H19NO3/c1-11-7-12(2)16-13(10-20-14(16)8-11)9-15(18)17-3-5-19-6-4-17/h7-8,10H,3-6,9H2,1-2H3. The van der Waals surface area contributed by atoms with E-state index in [2.05, 4.69) is 13.0 Å². The first-order chi connectivity index (χ1) is 9.65. The number of amides is 1. The maximum Gasteiger partial charge on any atom is 0.227 e. The van der Waals surface area contributed by atoms with Gasteiger partial charge in [-0.25, -0.2) is 0 Å². The van der Waals surface area contributed by atoms with Crippen molar-refractivity contribution in [3.63, 3.8) is 0 Å². The molecule has 0 atom stereocenters. The van der Waals surface area contributed by atoms with E-state index >= 15 is 0 Å². The van der Waals surface area contributed by atoms with E-state index in [1.807, 2.05) is 17.9 Å². The van der Waals surface area contributed by atoms with Gasteiger partial charge in [0, 0.05) is 24.0 Å². The number of benzene rings is 1. The molecule has 0 saturated carbocycles. The van der Waals surface area contributed by atoms with Crippen LogP contribution >= 0.6 is 0 Å². The Morgan fingerprint density at radius 3 is 2.75 bits per heavy atom. The molecular formula is C16H19NO3. The van der Waals surface area contributed by atoms with Gasteiger partial charge < -0.3 is 14.1 Å². The van der Waals surface area contributed by atoms with Crippen molar-refractivity contribution in [1.29, 1.82) is 0 Å². The number of furan rings is 1. The number of hydrogen-bond donors (Lipinski definition) is 0. The van der Waals surface area contributed by atoms with Gasteiger partial charge in [-0.2, -0.15) is 0 Å². The Kier molecular flexibility index (Phi) is 3.49. The molecule has 0 aliphatic carbocycles.